The summed E-state index contributed by atoms with van der Waals surface area (Å²) in [5, 5.41) is 3.88. The van der Waals surface area contributed by atoms with Crippen LogP contribution in [0.15, 0.2) is 53.1 Å². The van der Waals surface area contributed by atoms with Crippen molar-refractivity contribution in [2.45, 2.75) is 13.1 Å². The lowest BCUT2D eigenvalue weighted by molar-refractivity contribution is 0.203. The van der Waals surface area contributed by atoms with Crippen LogP contribution in [0.5, 0.6) is 5.88 Å². The Labute approximate surface area is 140 Å². The summed E-state index contributed by atoms with van der Waals surface area (Å²) in [4.78, 5) is 17.9. The lowest BCUT2D eigenvalue weighted by Crippen LogP contribution is -2.36. The molecule has 2 heterocycles. The fourth-order valence-corrected chi connectivity index (χ4v) is 2.47. The van der Waals surface area contributed by atoms with Crippen LogP contribution in [-0.4, -0.2) is 30.1 Å². The van der Waals surface area contributed by atoms with E-state index in [1.165, 1.54) is 0 Å². The highest BCUT2D eigenvalue weighted by molar-refractivity contribution is 5.78. The fraction of sp³-hybridized carbons (Fsp3) is 0.222. The Hall–Kier alpha value is -3.02. The van der Waals surface area contributed by atoms with E-state index in [4.69, 9.17) is 9.15 Å². The SMILES string of the molecule is COc1ncccc1CNC(=O)N(C)Cc1cc2ccccc2o1. The highest BCUT2D eigenvalue weighted by atomic mass is 16.5. The molecule has 6 nitrogen and oxygen atoms in total. The van der Waals surface area contributed by atoms with Crippen LogP contribution < -0.4 is 10.1 Å². The number of pyridine rings is 1. The van der Waals surface area contributed by atoms with Gasteiger partial charge in [-0.2, -0.15) is 0 Å². The number of benzene rings is 1. The van der Waals surface area contributed by atoms with E-state index < -0.39 is 0 Å². The van der Waals surface area contributed by atoms with Crippen molar-refractivity contribution < 1.29 is 13.9 Å². The van der Waals surface area contributed by atoms with E-state index in [1.807, 2.05) is 42.5 Å². The number of carbonyl (C=O) groups excluding carboxylic acids is 1. The van der Waals surface area contributed by atoms with Crippen LogP contribution in [0.2, 0.25) is 0 Å². The fourth-order valence-electron chi connectivity index (χ4n) is 2.47. The summed E-state index contributed by atoms with van der Waals surface area (Å²) in [6.45, 7) is 0.741. The third kappa shape index (κ3) is 3.48. The zero-order chi connectivity index (χ0) is 16.9. The molecule has 0 aliphatic heterocycles. The Morgan fingerprint density at radius 1 is 1.29 bits per heavy atom. The van der Waals surface area contributed by atoms with E-state index in [1.54, 1.807) is 25.3 Å². The number of urea groups is 1. The predicted molar refractivity (Wildman–Crippen MR) is 90.7 cm³/mol. The molecule has 124 valence electrons. The molecule has 0 saturated heterocycles. The summed E-state index contributed by atoms with van der Waals surface area (Å²) in [5.41, 5.74) is 1.65. The lowest BCUT2D eigenvalue weighted by atomic mass is 10.2. The number of nitrogens with zero attached hydrogens (tertiary/aromatic N) is 2. The van der Waals surface area contributed by atoms with Crippen molar-refractivity contribution in [1.82, 2.24) is 15.2 Å². The van der Waals surface area contributed by atoms with Gasteiger partial charge < -0.3 is 19.4 Å². The molecule has 0 bridgehead atoms. The molecule has 0 atom stereocenters. The smallest absolute Gasteiger partial charge is 0.317 e. The van der Waals surface area contributed by atoms with Gasteiger partial charge >= 0.3 is 6.03 Å². The van der Waals surface area contributed by atoms with Gasteiger partial charge in [0.2, 0.25) is 5.88 Å². The number of carbonyl (C=O) groups is 1. The van der Waals surface area contributed by atoms with Crippen molar-refractivity contribution in [3.8, 4) is 5.88 Å². The van der Waals surface area contributed by atoms with Crippen molar-refractivity contribution in [2.24, 2.45) is 0 Å². The van der Waals surface area contributed by atoms with Crippen molar-refractivity contribution in [3.05, 3.63) is 60.0 Å². The number of ether oxygens (including phenoxy) is 1. The van der Waals surface area contributed by atoms with Gasteiger partial charge in [-0.1, -0.05) is 24.3 Å². The first kappa shape index (κ1) is 15.9. The van der Waals surface area contributed by atoms with Crippen molar-refractivity contribution in [3.63, 3.8) is 0 Å². The van der Waals surface area contributed by atoms with Crippen molar-refractivity contribution >= 4 is 17.0 Å². The minimum atomic E-state index is -0.193. The second kappa shape index (κ2) is 7.04. The van der Waals surface area contributed by atoms with Gasteiger partial charge in [0.25, 0.3) is 0 Å². The van der Waals surface area contributed by atoms with E-state index >= 15 is 0 Å². The molecule has 0 spiro atoms. The Kier molecular flexibility index (Phi) is 4.65. The Morgan fingerprint density at radius 2 is 2.12 bits per heavy atom. The number of hydrogen-bond donors (Lipinski definition) is 1. The summed E-state index contributed by atoms with van der Waals surface area (Å²) < 4.78 is 10.9. The number of methoxy groups -OCH3 is 1. The maximum atomic E-state index is 12.2. The number of amides is 2. The summed E-state index contributed by atoms with van der Waals surface area (Å²) >= 11 is 0. The van der Waals surface area contributed by atoms with Crippen LogP contribution in [0.25, 0.3) is 11.0 Å². The van der Waals surface area contributed by atoms with Gasteiger partial charge in [0.15, 0.2) is 0 Å². The summed E-state index contributed by atoms with van der Waals surface area (Å²) in [5.74, 6) is 1.26. The molecule has 0 radical (unpaired) electrons. The maximum Gasteiger partial charge on any atom is 0.317 e. The number of fused-ring (bicyclic) bond motifs is 1. The topological polar surface area (TPSA) is 67.6 Å². The molecule has 1 N–H and O–H groups in total. The average molecular weight is 325 g/mol. The Balaban J connectivity index is 1.60. The zero-order valence-electron chi connectivity index (χ0n) is 13.7. The minimum Gasteiger partial charge on any atom is -0.481 e. The molecule has 3 aromatic rings. The molecule has 2 aromatic heterocycles. The molecule has 0 unspecified atom stereocenters. The van der Waals surface area contributed by atoms with Crippen molar-refractivity contribution in [1.29, 1.82) is 0 Å². The first-order valence-corrected chi connectivity index (χ1v) is 7.61. The third-order valence-corrected chi connectivity index (χ3v) is 3.69. The van der Waals surface area contributed by atoms with Crippen LogP contribution in [-0.2, 0) is 13.1 Å². The van der Waals surface area contributed by atoms with E-state index in [0.29, 0.717) is 19.0 Å². The number of para-hydroxylation sites is 1. The number of nitrogens with one attached hydrogen (secondary N) is 1. The number of aromatic nitrogens is 1. The van der Waals surface area contributed by atoms with Crippen molar-refractivity contribution in [2.75, 3.05) is 14.2 Å². The molecular weight excluding hydrogens is 306 g/mol. The zero-order valence-corrected chi connectivity index (χ0v) is 13.7. The van der Waals surface area contributed by atoms with E-state index in [0.717, 1.165) is 22.3 Å². The molecule has 2 amide bonds. The third-order valence-electron chi connectivity index (χ3n) is 3.69. The van der Waals surface area contributed by atoms with Gasteiger partial charge in [-0.15, -0.1) is 0 Å². The van der Waals surface area contributed by atoms with Crippen LogP contribution in [0, 0.1) is 0 Å². The highest BCUT2D eigenvalue weighted by Gasteiger charge is 2.13. The second-order valence-electron chi connectivity index (χ2n) is 5.44. The first-order valence-electron chi connectivity index (χ1n) is 7.61. The first-order chi connectivity index (χ1) is 11.7. The number of furan rings is 1. The standard InChI is InChI=1S/C18H19N3O3/c1-21(12-15-10-13-6-3-4-8-16(13)24-15)18(22)20-11-14-7-5-9-19-17(14)23-2/h3-10H,11-12H2,1-2H3,(H,20,22). The van der Waals surface area contributed by atoms with Gasteiger partial charge in [-0.3, -0.25) is 0 Å². The Morgan fingerprint density at radius 3 is 2.92 bits per heavy atom. The molecule has 0 aliphatic carbocycles. The van der Waals surface area contributed by atoms with Gasteiger partial charge in [-0.05, 0) is 18.2 Å². The Bertz CT molecular complexity index is 811. The van der Waals surface area contributed by atoms with Gasteiger partial charge in [0, 0.05) is 30.7 Å². The van der Waals surface area contributed by atoms with Crippen LogP contribution in [0.3, 0.4) is 0 Å². The van der Waals surface area contributed by atoms with Crippen LogP contribution in [0.4, 0.5) is 4.79 Å². The second-order valence-corrected chi connectivity index (χ2v) is 5.44. The number of rotatable bonds is 5. The molecule has 24 heavy (non-hydrogen) atoms. The molecule has 3 rings (SSSR count). The number of hydrogen-bond acceptors (Lipinski definition) is 4. The average Bonchev–Trinajstić information content (AvgIpc) is 3.02. The van der Waals surface area contributed by atoms with E-state index in [-0.39, 0.29) is 6.03 Å². The minimum absolute atomic E-state index is 0.193. The summed E-state index contributed by atoms with van der Waals surface area (Å²) in [6, 6.07) is 13.2. The van der Waals surface area contributed by atoms with Gasteiger partial charge in [-0.25, -0.2) is 9.78 Å². The molecule has 0 saturated carbocycles. The lowest BCUT2D eigenvalue weighted by Gasteiger charge is -2.17. The molecular formula is C18H19N3O3. The monoisotopic (exact) mass is 325 g/mol. The maximum absolute atomic E-state index is 12.2. The van der Waals surface area contributed by atoms with E-state index in [2.05, 4.69) is 10.3 Å². The summed E-state index contributed by atoms with van der Waals surface area (Å²) in [7, 11) is 3.28. The largest absolute Gasteiger partial charge is 0.481 e. The molecule has 0 aliphatic rings. The molecule has 6 heteroatoms. The van der Waals surface area contributed by atoms with Crippen LogP contribution >= 0.6 is 0 Å². The quantitative estimate of drug-likeness (QED) is 0.782. The molecule has 0 fully saturated rings. The highest BCUT2D eigenvalue weighted by Crippen LogP contribution is 2.19. The summed E-state index contributed by atoms with van der Waals surface area (Å²) in [6.07, 6.45) is 1.65. The predicted octanol–water partition coefficient (Wildman–Crippen LogP) is 3.18. The van der Waals surface area contributed by atoms with Gasteiger partial charge in [0.05, 0.1) is 13.7 Å². The van der Waals surface area contributed by atoms with E-state index in [9.17, 15) is 4.79 Å². The molecule has 1 aromatic carbocycles. The van der Waals surface area contributed by atoms with Crippen LogP contribution in [0.1, 0.15) is 11.3 Å². The normalized spacial score (nSPS) is 10.6. The van der Waals surface area contributed by atoms with Gasteiger partial charge in [0.1, 0.15) is 11.3 Å².